The maximum atomic E-state index is 5.74. The SMILES string of the molecule is CCNC(=NCC(c1cccs1)N1CCOC(C)C1)NCCCN1CCOCC1. The molecule has 0 aromatic carbocycles. The van der Waals surface area contributed by atoms with Crippen LogP contribution in [0.25, 0.3) is 0 Å². The topological polar surface area (TPSA) is 61.4 Å². The first-order chi connectivity index (χ1) is 14.3. The van der Waals surface area contributed by atoms with Crippen molar-refractivity contribution in [1.82, 2.24) is 20.4 Å². The normalized spacial score (nSPS) is 23.1. The molecule has 29 heavy (non-hydrogen) atoms. The van der Waals surface area contributed by atoms with Crippen molar-refractivity contribution in [3.05, 3.63) is 22.4 Å². The molecule has 164 valence electrons. The quantitative estimate of drug-likeness (QED) is 0.359. The number of nitrogens with one attached hydrogen (secondary N) is 2. The smallest absolute Gasteiger partial charge is 0.191 e. The first-order valence-electron chi connectivity index (χ1n) is 11.0. The zero-order chi connectivity index (χ0) is 20.3. The van der Waals surface area contributed by atoms with Crippen LogP contribution < -0.4 is 10.6 Å². The molecule has 0 saturated carbocycles. The van der Waals surface area contributed by atoms with E-state index in [2.05, 4.69) is 51.8 Å². The van der Waals surface area contributed by atoms with Crippen LogP contribution in [0.5, 0.6) is 0 Å². The Bertz CT molecular complexity index is 592. The van der Waals surface area contributed by atoms with E-state index in [0.29, 0.717) is 6.04 Å². The van der Waals surface area contributed by atoms with Gasteiger partial charge in [0.15, 0.2) is 5.96 Å². The van der Waals surface area contributed by atoms with Gasteiger partial charge in [-0.25, -0.2) is 0 Å². The van der Waals surface area contributed by atoms with Crippen LogP contribution in [0.3, 0.4) is 0 Å². The van der Waals surface area contributed by atoms with E-state index in [1.807, 2.05) is 11.3 Å². The van der Waals surface area contributed by atoms with Gasteiger partial charge in [-0.05, 0) is 38.3 Å². The van der Waals surface area contributed by atoms with Gasteiger partial charge >= 0.3 is 0 Å². The molecule has 2 fully saturated rings. The van der Waals surface area contributed by atoms with Crippen LogP contribution in [0.15, 0.2) is 22.5 Å². The summed E-state index contributed by atoms with van der Waals surface area (Å²) in [5.41, 5.74) is 0. The highest BCUT2D eigenvalue weighted by atomic mass is 32.1. The molecule has 0 amide bonds. The van der Waals surface area contributed by atoms with Crippen molar-refractivity contribution in [1.29, 1.82) is 0 Å². The Morgan fingerprint density at radius 2 is 2.14 bits per heavy atom. The van der Waals surface area contributed by atoms with E-state index in [4.69, 9.17) is 14.5 Å². The monoisotopic (exact) mass is 423 g/mol. The average Bonchev–Trinajstić information content (AvgIpc) is 3.26. The van der Waals surface area contributed by atoms with Crippen molar-refractivity contribution in [2.45, 2.75) is 32.4 Å². The average molecular weight is 424 g/mol. The van der Waals surface area contributed by atoms with Crippen LogP contribution in [0.1, 0.15) is 31.2 Å². The molecule has 0 spiro atoms. The number of aliphatic imine (C=N–C) groups is 1. The fourth-order valence-electron chi connectivity index (χ4n) is 3.85. The Hall–Kier alpha value is -1.19. The van der Waals surface area contributed by atoms with E-state index in [1.54, 1.807) is 0 Å². The minimum absolute atomic E-state index is 0.279. The van der Waals surface area contributed by atoms with Crippen molar-refractivity contribution in [3.8, 4) is 0 Å². The van der Waals surface area contributed by atoms with Gasteiger partial charge in [-0.15, -0.1) is 11.3 Å². The van der Waals surface area contributed by atoms with Gasteiger partial charge in [0.2, 0.25) is 0 Å². The van der Waals surface area contributed by atoms with Crippen LogP contribution in [0.4, 0.5) is 0 Å². The lowest BCUT2D eigenvalue weighted by molar-refractivity contribution is -0.0327. The minimum atomic E-state index is 0.279. The summed E-state index contributed by atoms with van der Waals surface area (Å²) in [6.07, 6.45) is 1.39. The number of hydrogen-bond donors (Lipinski definition) is 2. The molecule has 7 nitrogen and oxygen atoms in total. The van der Waals surface area contributed by atoms with Crippen molar-refractivity contribution in [3.63, 3.8) is 0 Å². The van der Waals surface area contributed by atoms with Gasteiger partial charge in [0.25, 0.3) is 0 Å². The number of rotatable bonds is 9. The van der Waals surface area contributed by atoms with Crippen LogP contribution in [-0.2, 0) is 9.47 Å². The second-order valence-electron chi connectivity index (χ2n) is 7.66. The Balaban J connectivity index is 1.52. The molecule has 8 heteroatoms. The lowest BCUT2D eigenvalue weighted by Gasteiger charge is -2.36. The molecule has 0 bridgehead atoms. The van der Waals surface area contributed by atoms with Crippen LogP contribution >= 0.6 is 11.3 Å². The summed E-state index contributed by atoms with van der Waals surface area (Å²) < 4.78 is 11.2. The lowest BCUT2D eigenvalue weighted by Crippen LogP contribution is -2.44. The Morgan fingerprint density at radius 1 is 1.28 bits per heavy atom. The van der Waals surface area contributed by atoms with Crippen molar-refractivity contribution in [2.24, 2.45) is 4.99 Å². The molecular formula is C21H37N5O2S. The third kappa shape index (κ3) is 7.53. The Kier molecular flexibility index (Phi) is 9.69. The molecule has 2 saturated heterocycles. The summed E-state index contributed by atoms with van der Waals surface area (Å²) in [4.78, 5) is 11.3. The number of ether oxygens (including phenoxy) is 2. The van der Waals surface area contributed by atoms with E-state index in [-0.39, 0.29) is 6.10 Å². The molecule has 2 aliphatic heterocycles. The largest absolute Gasteiger partial charge is 0.379 e. The van der Waals surface area contributed by atoms with Gasteiger partial charge in [-0.1, -0.05) is 6.07 Å². The minimum Gasteiger partial charge on any atom is -0.379 e. The summed E-state index contributed by atoms with van der Waals surface area (Å²) in [6.45, 7) is 14.5. The molecule has 3 rings (SSSR count). The van der Waals surface area contributed by atoms with E-state index >= 15 is 0 Å². The van der Waals surface area contributed by atoms with E-state index < -0.39 is 0 Å². The third-order valence-corrected chi connectivity index (χ3v) is 6.37. The number of morpholine rings is 2. The lowest BCUT2D eigenvalue weighted by atomic mass is 10.1. The first kappa shape index (κ1) is 22.5. The third-order valence-electron chi connectivity index (χ3n) is 5.40. The summed E-state index contributed by atoms with van der Waals surface area (Å²) in [5.74, 6) is 0.914. The van der Waals surface area contributed by atoms with Crippen LogP contribution in [0, 0.1) is 0 Å². The highest BCUT2D eigenvalue weighted by Gasteiger charge is 2.26. The fourth-order valence-corrected chi connectivity index (χ4v) is 4.70. The van der Waals surface area contributed by atoms with E-state index in [0.717, 1.165) is 84.6 Å². The van der Waals surface area contributed by atoms with E-state index in [1.165, 1.54) is 4.88 Å². The van der Waals surface area contributed by atoms with Crippen LogP contribution in [0.2, 0.25) is 0 Å². The fraction of sp³-hybridized carbons (Fsp3) is 0.762. The zero-order valence-corrected chi connectivity index (χ0v) is 18.8. The molecule has 2 N–H and O–H groups in total. The second-order valence-corrected chi connectivity index (χ2v) is 8.64. The Labute approximate surface area is 179 Å². The van der Waals surface area contributed by atoms with E-state index in [9.17, 15) is 0 Å². The van der Waals surface area contributed by atoms with Gasteiger partial charge in [0.05, 0.1) is 38.5 Å². The number of hydrogen-bond acceptors (Lipinski definition) is 6. The van der Waals surface area contributed by atoms with Gasteiger partial charge in [-0.2, -0.15) is 0 Å². The summed E-state index contributed by atoms with van der Waals surface area (Å²) in [7, 11) is 0. The van der Waals surface area contributed by atoms with Crippen LogP contribution in [-0.4, -0.2) is 94.0 Å². The Morgan fingerprint density at radius 3 is 2.86 bits per heavy atom. The second kappa shape index (κ2) is 12.5. The summed E-state index contributed by atoms with van der Waals surface area (Å²) in [5, 5.41) is 9.07. The molecule has 2 aliphatic rings. The molecule has 0 aliphatic carbocycles. The van der Waals surface area contributed by atoms with Gasteiger partial charge in [0, 0.05) is 44.1 Å². The van der Waals surface area contributed by atoms with Gasteiger partial charge in [0.1, 0.15) is 0 Å². The molecule has 0 radical (unpaired) electrons. The predicted molar refractivity (Wildman–Crippen MR) is 120 cm³/mol. The molecule has 2 unspecified atom stereocenters. The molecule has 3 heterocycles. The molecular weight excluding hydrogens is 386 g/mol. The molecule has 2 atom stereocenters. The molecule has 1 aromatic heterocycles. The highest BCUT2D eigenvalue weighted by molar-refractivity contribution is 7.10. The number of nitrogens with zero attached hydrogens (tertiary/aromatic N) is 3. The van der Waals surface area contributed by atoms with Gasteiger partial charge < -0.3 is 20.1 Å². The number of thiophene rings is 1. The molecule has 1 aromatic rings. The predicted octanol–water partition coefficient (Wildman–Crippen LogP) is 1.79. The number of guanidine groups is 1. The summed E-state index contributed by atoms with van der Waals surface area (Å²) >= 11 is 1.82. The van der Waals surface area contributed by atoms with Crippen molar-refractivity contribution < 1.29 is 9.47 Å². The van der Waals surface area contributed by atoms with Crippen molar-refractivity contribution >= 4 is 17.3 Å². The summed E-state index contributed by atoms with van der Waals surface area (Å²) in [6, 6.07) is 4.67. The van der Waals surface area contributed by atoms with Crippen molar-refractivity contribution in [2.75, 3.05) is 72.2 Å². The van der Waals surface area contributed by atoms with Gasteiger partial charge in [-0.3, -0.25) is 14.8 Å². The maximum absolute atomic E-state index is 5.74. The standard InChI is InChI=1S/C21H37N5O2S/c1-3-22-21(23-7-5-8-25-9-12-27-13-10-25)24-16-19(20-6-4-15-29-20)26-11-14-28-18(2)17-26/h4,6,15,18-19H,3,5,7-14,16-17H2,1-2H3,(H2,22,23,24). The zero-order valence-electron chi connectivity index (χ0n) is 17.9. The highest BCUT2D eigenvalue weighted by Crippen LogP contribution is 2.27. The maximum Gasteiger partial charge on any atom is 0.191 e. The first-order valence-corrected chi connectivity index (χ1v) is 11.9.